The number of hydrogen-bond donors (Lipinski definition) is 1. The Kier molecular flexibility index (Phi) is 2.83. The summed E-state index contributed by atoms with van der Waals surface area (Å²) in [6, 6.07) is 9.71. The molecule has 2 aromatic rings. The zero-order chi connectivity index (χ0) is 10.7. The van der Waals surface area contributed by atoms with Crippen LogP contribution in [-0.2, 0) is 0 Å². The highest BCUT2D eigenvalue weighted by Crippen LogP contribution is 2.20. The molecule has 0 bridgehead atoms. The van der Waals surface area contributed by atoms with Crippen LogP contribution in [0.5, 0.6) is 0 Å². The first-order valence-electron chi connectivity index (χ1n) is 4.55. The van der Waals surface area contributed by atoms with Gasteiger partial charge in [0, 0.05) is 24.4 Å². The van der Waals surface area contributed by atoms with Crippen LogP contribution in [0.4, 0.5) is 5.69 Å². The number of halogens is 1. The molecule has 2 rings (SSSR count). The summed E-state index contributed by atoms with van der Waals surface area (Å²) in [6.45, 7) is 0. The number of benzene rings is 1. The van der Waals surface area contributed by atoms with Crippen molar-refractivity contribution in [2.24, 2.45) is 0 Å². The van der Waals surface area contributed by atoms with E-state index in [4.69, 9.17) is 11.6 Å². The number of nitrogens with one attached hydrogen (secondary N) is 1. The molecule has 15 heavy (non-hydrogen) atoms. The smallest absolute Gasteiger partial charge is 0.133 e. The quantitative estimate of drug-likeness (QED) is 0.790. The Morgan fingerprint density at radius 2 is 1.87 bits per heavy atom. The topological polar surface area (TPSA) is 37.8 Å². The molecule has 0 atom stereocenters. The summed E-state index contributed by atoms with van der Waals surface area (Å²) in [4.78, 5) is 7.99. The third-order valence-corrected chi connectivity index (χ3v) is 2.31. The highest BCUT2D eigenvalue weighted by molar-refractivity contribution is 6.29. The Bertz CT molecular complexity index is 454. The monoisotopic (exact) mass is 219 g/mol. The van der Waals surface area contributed by atoms with Gasteiger partial charge in [-0.2, -0.15) is 0 Å². The van der Waals surface area contributed by atoms with Gasteiger partial charge < -0.3 is 5.32 Å². The van der Waals surface area contributed by atoms with Crippen molar-refractivity contribution in [2.45, 2.75) is 0 Å². The number of hydrogen-bond acceptors (Lipinski definition) is 3. The average molecular weight is 220 g/mol. The van der Waals surface area contributed by atoms with Crippen molar-refractivity contribution in [3.8, 4) is 11.3 Å². The van der Waals surface area contributed by atoms with Crippen molar-refractivity contribution in [1.29, 1.82) is 0 Å². The number of nitrogens with zero attached hydrogens (tertiary/aromatic N) is 2. The van der Waals surface area contributed by atoms with Crippen molar-refractivity contribution in [3.63, 3.8) is 0 Å². The van der Waals surface area contributed by atoms with Gasteiger partial charge in [-0.15, -0.1) is 0 Å². The molecule has 4 heteroatoms. The molecule has 0 aliphatic rings. The third kappa shape index (κ3) is 2.25. The highest BCUT2D eigenvalue weighted by Gasteiger charge is 2.00. The van der Waals surface area contributed by atoms with Crippen molar-refractivity contribution in [1.82, 2.24) is 9.97 Å². The number of rotatable bonds is 2. The van der Waals surface area contributed by atoms with Gasteiger partial charge >= 0.3 is 0 Å². The van der Waals surface area contributed by atoms with E-state index in [0.29, 0.717) is 5.15 Å². The van der Waals surface area contributed by atoms with Gasteiger partial charge in [0.15, 0.2) is 0 Å². The van der Waals surface area contributed by atoms with Crippen LogP contribution < -0.4 is 5.32 Å². The zero-order valence-corrected chi connectivity index (χ0v) is 8.99. The highest BCUT2D eigenvalue weighted by atomic mass is 35.5. The second-order valence-electron chi connectivity index (χ2n) is 3.05. The summed E-state index contributed by atoms with van der Waals surface area (Å²) >= 11 is 5.79. The maximum Gasteiger partial charge on any atom is 0.133 e. The first kappa shape index (κ1) is 9.93. The largest absolute Gasteiger partial charge is 0.388 e. The van der Waals surface area contributed by atoms with Crippen LogP contribution in [0, 0.1) is 0 Å². The Balaban J connectivity index is 2.37. The third-order valence-electron chi connectivity index (χ3n) is 2.10. The van der Waals surface area contributed by atoms with E-state index in [9.17, 15) is 0 Å². The van der Waals surface area contributed by atoms with Gasteiger partial charge in [0.25, 0.3) is 0 Å². The molecule has 1 heterocycles. The molecule has 0 unspecified atom stereocenters. The fourth-order valence-electron chi connectivity index (χ4n) is 1.30. The summed E-state index contributed by atoms with van der Waals surface area (Å²) in [7, 11) is 1.89. The van der Waals surface area contributed by atoms with Crippen LogP contribution in [0.1, 0.15) is 0 Å². The molecule has 76 valence electrons. The summed E-state index contributed by atoms with van der Waals surface area (Å²) < 4.78 is 0. The molecule has 0 amide bonds. The summed E-state index contributed by atoms with van der Waals surface area (Å²) in [5, 5.41) is 3.51. The summed E-state index contributed by atoms with van der Waals surface area (Å²) in [5.74, 6) is 0. The minimum absolute atomic E-state index is 0.456. The fourth-order valence-corrected chi connectivity index (χ4v) is 1.45. The minimum Gasteiger partial charge on any atom is -0.388 e. The Morgan fingerprint density at radius 3 is 2.47 bits per heavy atom. The van der Waals surface area contributed by atoms with E-state index in [1.54, 1.807) is 6.07 Å². The van der Waals surface area contributed by atoms with Crippen molar-refractivity contribution >= 4 is 17.3 Å². The lowest BCUT2D eigenvalue weighted by Crippen LogP contribution is -1.88. The molecule has 0 spiro atoms. The summed E-state index contributed by atoms with van der Waals surface area (Å²) in [5.41, 5.74) is 2.93. The molecular formula is C11H10ClN3. The van der Waals surface area contributed by atoms with Crippen LogP contribution in [0.2, 0.25) is 5.15 Å². The van der Waals surface area contributed by atoms with Crippen LogP contribution in [0.15, 0.2) is 36.7 Å². The van der Waals surface area contributed by atoms with Gasteiger partial charge in [-0.3, -0.25) is 0 Å². The molecule has 1 N–H and O–H groups in total. The van der Waals surface area contributed by atoms with E-state index in [2.05, 4.69) is 15.3 Å². The van der Waals surface area contributed by atoms with E-state index >= 15 is 0 Å². The lowest BCUT2D eigenvalue weighted by atomic mass is 10.1. The first-order valence-corrected chi connectivity index (χ1v) is 4.93. The fraction of sp³-hybridized carbons (Fsp3) is 0.0909. The standard InChI is InChI=1S/C11H10ClN3/c1-13-9-4-2-8(3-5-9)10-6-11(12)15-7-14-10/h2-7,13H,1H3. The van der Waals surface area contributed by atoms with Crippen LogP contribution >= 0.6 is 11.6 Å². The molecule has 0 radical (unpaired) electrons. The SMILES string of the molecule is CNc1ccc(-c2cc(Cl)ncn2)cc1. The van der Waals surface area contributed by atoms with E-state index in [-0.39, 0.29) is 0 Å². The predicted octanol–water partition coefficient (Wildman–Crippen LogP) is 2.84. The van der Waals surface area contributed by atoms with Crippen molar-refractivity contribution < 1.29 is 0 Å². The Labute approximate surface area is 93.1 Å². The molecule has 1 aromatic carbocycles. The van der Waals surface area contributed by atoms with Gasteiger partial charge in [0.1, 0.15) is 11.5 Å². The van der Waals surface area contributed by atoms with Gasteiger partial charge in [-0.1, -0.05) is 23.7 Å². The minimum atomic E-state index is 0.456. The number of anilines is 1. The molecule has 0 saturated heterocycles. The zero-order valence-electron chi connectivity index (χ0n) is 8.24. The first-order chi connectivity index (χ1) is 7.29. The van der Waals surface area contributed by atoms with E-state index < -0.39 is 0 Å². The lowest BCUT2D eigenvalue weighted by Gasteiger charge is -2.02. The molecule has 0 fully saturated rings. The maximum absolute atomic E-state index is 5.79. The Morgan fingerprint density at radius 1 is 1.13 bits per heavy atom. The normalized spacial score (nSPS) is 10.0. The Hall–Kier alpha value is -1.61. The molecular weight excluding hydrogens is 210 g/mol. The van der Waals surface area contributed by atoms with Crippen molar-refractivity contribution in [2.75, 3.05) is 12.4 Å². The van der Waals surface area contributed by atoms with Gasteiger partial charge in [0.2, 0.25) is 0 Å². The number of aromatic nitrogens is 2. The molecule has 3 nitrogen and oxygen atoms in total. The van der Waals surface area contributed by atoms with E-state index in [1.165, 1.54) is 6.33 Å². The molecule has 0 saturated carbocycles. The summed E-state index contributed by atoms with van der Waals surface area (Å²) in [6.07, 6.45) is 1.46. The maximum atomic E-state index is 5.79. The van der Waals surface area contributed by atoms with Crippen LogP contribution in [0.3, 0.4) is 0 Å². The second-order valence-corrected chi connectivity index (χ2v) is 3.44. The van der Waals surface area contributed by atoms with Crippen molar-refractivity contribution in [3.05, 3.63) is 41.8 Å². The lowest BCUT2D eigenvalue weighted by molar-refractivity contribution is 1.17. The van der Waals surface area contributed by atoms with Gasteiger partial charge in [0.05, 0.1) is 5.69 Å². The van der Waals surface area contributed by atoms with E-state index in [1.807, 2.05) is 31.3 Å². The van der Waals surface area contributed by atoms with E-state index in [0.717, 1.165) is 16.9 Å². The molecule has 0 aliphatic carbocycles. The average Bonchev–Trinajstić information content (AvgIpc) is 2.29. The molecule has 0 aliphatic heterocycles. The second kappa shape index (κ2) is 4.28. The predicted molar refractivity (Wildman–Crippen MR) is 62.0 cm³/mol. The van der Waals surface area contributed by atoms with Gasteiger partial charge in [-0.25, -0.2) is 9.97 Å². The molecule has 1 aromatic heterocycles. The van der Waals surface area contributed by atoms with Gasteiger partial charge in [-0.05, 0) is 12.1 Å². The van der Waals surface area contributed by atoms with Crippen LogP contribution in [-0.4, -0.2) is 17.0 Å². The van der Waals surface area contributed by atoms with Crippen LogP contribution in [0.25, 0.3) is 11.3 Å².